The van der Waals surface area contributed by atoms with Crippen molar-refractivity contribution < 1.29 is 28.5 Å². The summed E-state index contributed by atoms with van der Waals surface area (Å²) in [6.45, 7) is 1.06. The number of pyridine rings is 1. The van der Waals surface area contributed by atoms with E-state index >= 15 is 0 Å². The first-order chi connectivity index (χ1) is 5.08. The Morgan fingerprint density at radius 2 is 1.67 bits per heavy atom. The van der Waals surface area contributed by atoms with Crippen LogP contribution in [0.15, 0.2) is 24.5 Å². The zero-order chi connectivity index (χ0) is 8.32. The van der Waals surface area contributed by atoms with Gasteiger partial charge in [0, 0.05) is 18.0 Å². The molecule has 0 atom stereocenters. The van der Waals surface area contributed by atoms with Crippen molar-refractivity contribution in [2.45, 2.75) is 6.54 Å². The molecule has 1 heterocycles. The van der Waals surface area contributed by atoms with Crippen molar-refractivity contribution in [2.24, 2.45) is 0 Å². The molecule has 0 saturated heterocycles. The van der Waals surface area contributed by atoms with Crippen molar-refractivity contribution in [1.82, 2.24) is 4.98 Å². The van der Waals surface area contributed by atoms with Crippen molar-refractivity contribution in [3.63, 3.8) is 0 Å². The topological polar surface area (TPSA) is 12.9 Å². The van der Waals surface area contributed by atoms with Crippen LogP contribution < -0.4 is 24.0 Å². The lowest BCUT2D eigenvalue weighted by molar-refractivity contribution is -0.884. The van der Waals surface area contributed by atoms with Crippen LogP contribution in [0.25, 0.3) is 0 Å². The third-order valence-corrected chi connectivity index (χ3v) is 1.41. The van der Waals surface area contributed by atoms with E-state index in [0.717, 1.165) is 11.0 Å². The van der Waals surface area contributed by atoms with E-state index in [-0.39, 0.29) is 24.0 Å². The Morgan fingerprint density at radius 3 is 2.08 bits per heavy atom. The van der Waals surface area contributed by atoms with Gasteiger partial charge >= 0.3 is 0 Å². The Labute approximate surface area is 91.2 Å². The fourth-order valence-electron chi connectivity index (χ4n) is 1.04. The van der Waals surface area contributed by atoms with Crippen LogP contribution in [-0.2, 0) is 6.54 Å². The summed E-state index contributed by atoms with van der Waals surface area (Å²) in [6.07, 6.45) is 3.68. The largest absolute Gasteiger partial charge is 1.00 e. The van der Waals surface area contributed by atoms with E-state index in [2.05, 4.69) is 38.3 Å². The molecule has 0 unspecified atom stereocenters. The number of aromatic nitrogens is 1. The Kier molecular flexibility index (Phi) is 4.70. The van der Waals surface area contributed by atoms with Crippen LogP contribution in [0.1, 0.15) is 5.56 Å². The van der Waals surface area contributed by atoms with Crippen LogP contribution in [0.3, 0.4) is 0 Å². The summed E-state index contributed by atoms with van der Waals surface area (Å²) >= 11 is 0. The highest BCUT2D eigenvalue weighted by atomic mass is 127. The van der Waals surface area contributed by atoms with Gasteiger partial charge in [0.1, 0.15) is 6.54 Å². The van der Waals surface area contributed by atoms with Crippen molar-refractivity contribution in [1.29, 1.82) is 0 Å². The molecule has 12 heavy (non-hydrogen) atoms. The van der Waals surface area contributed by atoms with E-state index < -0.39 is 0 Å². The molecule has 0 bridgehead atoms. The van der Waals surface area contributed by atoms with Gasteiger partial charge in [-0.2, -0.15) is 0 Å². The molecule has 0 radical (unpaired) electrons. The molecule has 0 N–H and O–H groups in total. The molecule has 0 aliphatic carbocycles. The lowest BCUT2D eigenvalue weighted by atomic mass is 10.2. The van der Waals surface area contributed by atoms with Crippen LogP contribution >= 0.6 is 0 Å². The van der Waals surface area contributed by atoms with Crippen molar-refractivity contribution >= 4 is 0 Å². The Balaban J connectivity index is 0.00000121. The maximum absolute atomic E-state index is 3.97. The van der Waals surface area contributed by atoms with Gasteiger partial charge < -0.3 is 28.5 Å². The van der Waals surface area contributed by atoms with E-state index in [9.17, 15) is 0 Å². The number of halogens is 1. The summed E-state index contributed by atoms with van der Waals surface area (Å²) in [6, 6.07) is 4.12. The zero-order valence-corrected chi connectivity index (χ0v) is 9.95. The van der Waals surface area contributed by atoms with Crippen LogP contribution in [0.5, 0.6) is 0 Å². The molecule has 0 amide bonds. The standard InChI is InChI=1S/C9H15N2.HI/c1-11(2,3)8-9-4-6-10-7-5-9;/h4-7H,8H2,1-3H3;1H/q+1;/p-1. The Bertz CT molecular complexity index is 216. The molecule has 1 aromatic rings. The SMILES string of the molecule is C[N+](C)(C)Cc1ccncc1.[I-]. The first-order valence-corrected chi connectivity index (χ1v) is 3.77. The highest BCUT2D eigenvalue weighted by Gasteiger charge is 2.06. The molecular weight excluding hydrogens is 263 g/mol. The zero-order valence-electron chi connectivity index (χ0n) is 7.79. The molecule has 2 nitrogen and oxygen atoms in total. The van der Waals surface area contributed by atoms with Crippen LogP contribution in [0.4, 0.5) is 0 Å². The number of hydrogen-bond donors (Lipinski definition) is 0. The number of hydrogen-bond acceptors (Lipinski definition) is 1. The van der Waals surface area contributed by atoms with E-state index in [1.54, 1.807) is 0 Å². The molecule has 68 valence electrons. The molecule has 1 rings (SSSR count). The van der Waals surface area contributed by atoms with Crippen LogP contribution in [0.2, 0.25) is 0 Å². The first-order valence-electron chi connectivity index (χ1n) is 3.77. The minimum atomic E-state index is 0. The molecule has 0 aromatic carbocycles. The average molecular weight is 278 g/mol. The maximum Gasteiger partial charge on any atom is 0.104 e. The smallest absolute Gasteiger partial charge is 0.104 e. The van der Waals surface area contributed by atoms with Gasteiger partial charge in [-0.15, -0.1) is 0 Å². The van der Waals surface area contributed by atoms with Gasteiger partial charge in [0.15, 0.2) is 0 Å². The van der Waals surface area contributed by atoms with Gasteiger partial charge in [0.2, 0.25) is 0 Å². The lowest BCUT2D eigenvalue weighted by Crippen LogP contribution is -3.00. The van der Waals surface area contributed by atoms with Gasteiger partial charge in [0.05, 0.1) is 21.1 Å². The van der Waals surface area contributed by atoms with Gasteiger partial charge in [-0.1, -0.05) is 0 Å². The van der Waals surface area contributed by atoms with Gasteiger partial charge in [0.25, 0.3) is 0 Å². The average Bonchev–Trinajstić information content (AvgIpc) is 1.85. The Hall–Kier alpha value is -0.160. The molecule has 1 aromatic heterocycles. The predicted octanol–water partition coefficient (Wildman–Crippen LogP) is -1.71. The summed E-state index contributed by atoms with van der Waals surface area (Å²) in [5, 5.41) is 0. The second kappa shape index (κ2) is 4.77. The first kappa shape index (κ1) is 11.8. The molecular formula is C9H15IN2. The monoisotopic (exact) mass is 278 g/mol. The van der Waals surface area contributed by atoms with Crippen molar-refractivity contribution in [3.8, 4) is 0 Å². The summed E-state index contributed by atoms with van der Waals surface area (Å²) < 4.78 is 0.962. The third kappa shape index (κ3) is 4.66. The molecule has 3 heteroatoms. The molecule has 0 spiro atoms. The van der Waals surface area contributed by atoms with Crippen molar-refractivity contribution in [2.75, 3.05) is 21.1 Å². The van der Waals surface area contributed by atoms with Crippen LogP contribution in [0, 0.1) is 0 Å². The second-order valence-corrected chi connectivity index (χ2v) is 3.80. The maximum atomic E-state index is 3.97. The third-order valence-electron chi connectivity index (χ3n) is 1.41. The summed E-state index contributed by atoms with van der Waals surface area (Å²) in [5.74, 6) is 0. The fourth-order valence-corrected chi connectivity index (χ4v) is 1.04. The van der Waals surface area contributed by atoms with Crippen LogP contribution in [-0.4, -0.2) is 30.6 Å². The summed E-state index contributed by atoms with van der Waals surface area (Å²) in [5.41, 5.74) is 1.34. The normalized spacial score (nSPS) is 10.6. The number of rotatable bonds is 2. The van der Waals surface area contributed by atoms with Crippen molar-refractivity contribution in [3.05, 3.63) is 30.1 Å². The van der Waals surface area contributed by atoms with Gasteiger partial charge in [-0.3, -0.25) is 4.98 Å². The fraction of sp³-hybridized carbons (Fsp3) is 0.444. The summed E-state index contributed by atoms with van der Waals surface area (Å²) in [4.78, 5) is 3.97. The molecule has 0 fully saturated rings. The lowest BCUT2D eigenvalue weighted by Gasteiger charge is -2.23. The highest BCUT2D eigenvalue weighted by Crippen LogP contribution is 2.03. The minimum absolute atomic E-state index is 0. The summed E-state index contributed by atoms with van der Waals surface area (Å²) in [7, 11) is 6.54. The minimum Gasteiger partial charge on any atom is -1.00 e. The van der Waals surface area contributed by atoms with E-state index in [1.165, 1.54) is 5.56 Å². The van der Waals surface area contributed by atoms with Gasteiger partial charge in [-0.25, -0.2) is 0 Å². The van der Waals surface area contributed by atoms with E-state index in [1.807, 2.05) is 12.4 Å². The number of nitrogens with zero attached hydrogens (tertiary/aromatic N) is 2. The van der Waals surface area contributed by atoms with E-state index in [0.29, 0.717) is 0 Å². The highest BCUT2D eigenvalue weighted by molar-refractivity contribution is 5.07. The van der Waals surface area contributed by atoms with Gasteiger partial charge in [-0.05, 0) is 12.1 Å². The molecule has 0 aliphatic rings. The number of quaternary nitrogens is 1. The second-order valence-electron chi connectivity index (χ2n) is 3.80. The quantitative estimate of drug-likeness (QED) is 0.464. The Morgan fingerprint density at radius 1 is 1.17 bits per heavy atom. The molecule has 0 saturated carbocycles. The molecule has 0 aliphatic heterocycles. The van der Waals surface area contributed by atoms with E-state index in [4.69, 9.17) is 0 Å². The predicted molar refractivity (Wildman–Crippen MR) is 46.0 cm³/mol.